The van der Waals surface area contributed by atoms with Gasteiger partial charge in [0.15, 0.2) is 0 Å². The Morgan fingerprint density at radius 2 is 0.660 bits per heavy atom. The molecule has 7 rings (SSSR count). The highest BCUT2D eigenvalue weighted by Gasteiger charge is 2.24. The molecular weight excluding hydrogens is 1210 g/mol. The average molecular weight is 1330 g/mol. The van der Waals surface area contributed by atoms with Gasteiger partial charge in [-0.2, -0.15) is 0 Å². The second kappa shape index (κ2) is 36.5. The lowest BCUT2D eigenvalue weighted by molar-refractivity contribution is 0.414. The van der Waals surface area contributed by atoms with Crippen molar-refractivity contribution in [2.75, 3.05) is 90.2 Å². The van der Waals surface area contributed by atoms with Crippen LogP contribution in [0.25, 0.3) is 0 Å². The Morgan fingerprint density at radius 3 is 1.00 bits per heavy atom. The van der Waals surface area contributed by atoms with Gasteiger partial charge in [-0.05, 0) is 280 Å². The summed E-state index contributed by atoms with van der Waals surface area (Å²) in [5, 5.41) is 10.1. The van der Waals surface area contributed by atoms with Gasteiger partial charge in [0.25, 0.3) is 0 Å². The highest BCUT2D eigenvalue weighted by atomic mass is 35.5. The molecule has 0 atom stereocenters. The normalized spacial score (nSPS) is 11.4. The van der Waals surface area contributed by atoms with Crippen LogP contribution in [0.15, 0.2) is 164 Å². The summed E-state index contributed by atoms with van der Waals surface area (Å²) < 4.78 is 69.4. The molecule has 0 saturated heterocycles. The second-order valence-corrected chi connectivity index (χ2v) is 30.5. The third-order valence-corrected chi connectivity index (χ3v) is 16.1. The van der Waals surface area contributed by atoms with Crippen LogP contribution in [0.1, 0.15) is 152 Å². The summed E-state index contributed by atoms with van der Waals surface area (Å²) in [6, 6.07) is 46.8. The van der Waals surface area contributed by atoms with Gasteiger partial charge in [0, 0.05) is 145 Å². The SMILES string of the molecule is CCN(c1ccc(F)cc1)C(C)(C)C.CN(c1ccc(Cl)cc1)C(C)(C)C.CN(c1ccc(F)cc1)C(C)(C)C.CN(c1ccc(F)cc1F)C(C)(C)C.CN(c1cccc(F)c1)C(C)(C)C.CN(c1cccc(O)c1)C(C)(C)C.COc1cccc(N(C)C(C)(C)C)c1. The molecule has 9 nitrogen and oxygen atoms in total. The topological polar surface area (TPSA) is 52.1 Å². The molecule has 0 fully saturated rings. The Bertz CT molecular complexity index is 3160. The van der Waals surface area contributed by atoms with Gasteiger partial charge in [-0.25, -0.2) is 22.0 Å². The predicted octanol–water partition coefficient (Wildman–Crippen LogP) is 21.9. The lowest BCUT2D eigenvalue weighted by Crippen LogP contribution is -2.41. The Kier molecular flexibility index (Phi) is 32.9. The number of aromatic hydroxyl groups is 1. The monoisotopic (exact) mass is 1330 g/mol. The van der Waals surface area contributed by atoms with Crippen LogP contribution in [0.5, 0.6) is 11.5 Å². The van der Waals surface area contributed by atoms with Crippen molar-refractivity contribution in [1.82, 2.24) is 0 Å². The molecule has 7 aromatic rings. The van der Waals surface area contributed by atoms with Crippen LogP contribution in [-0.2, 0) is 0 Å². The summed E-state index contributed by atoms with van der Waals surface area (Å²) in [6.45, 7) is 47.6. The molecule has 0 aliphatic carbocycles. The number of phenolic OH excluding ortho intramolecular Hbond substituents is 1. The number of methoxy groups -OCH3 is 1. The van der Waals surface area contributed by atoms with Crippen LogP contribution >= 0.6 is 11.6 Å². The van der Waals surface area contributed by atoms with Crippen LogP contribution in [0.3, 0.4) is 0 Å². The summed E-state index contributed by atoms with van der Waals surface area (Å²) >= 11 is 5.81. The number of hydrogen-bond acceptors (Lipinski definition) is 9. The maximum Gasteiger partial charge on any atom is 0.149 e. The molecule has 0 spiro atoms. The molecule has 0 aliphatic rings. The van der Waals surface area contributed by atoms with Gasteiger partial charge in [0.05, 0.1) is 12.8 Å². The van der Waals surface area contributed by atoms with E-state index in [2.05, 4.69) is 181 Å². The van der Waals surface area contributed by atoms with Gasteiger partial charge in [-0.15, -0.1) is 0 Å². The van der Waals surface area contributed by atoms with E-state index < -0.39 is 11.6 Å². The maximum absolute atomic E-state index is 13.3. The maximum atomic E-state index is 13.3. The van der Waals surface area contributed by atoms with E-state index in [4.69, 9.17) is 16.3 Å². The van der Waals surface area contributed by atoms with Crippen molar-refractivity contribution in [2.24, 2.45) is 0 Å². The molecule has 7 aromatic carbocycles. The van der Waals surface area contributed by atoms with Crippen LogP contribution in [-0.4, -0.2) is 99.8 Å². The Labute approximate surface area is 571 Å². The van der Waals surface area contributed by atoms with Gasteiger partial charge in [0.2, 0.25) is 0 Å². The van der Waals surface area contributed by atoms with E-state index in [1.165, 1.54) is 53.8 Å². The third kappa shape index (κ3) is 30.4. The van der Waals surface area contributed by atoms with Crippen molar-refractivity contribution < 1.29 is 31.8 Å². The molecule has 0 amide bonds. The van der Waals surface area contributed by atoms with Crippen LogP contribution in [0.4, 0.5) is 61.8 Å². The van der Waals surface area contributed by atoms with Crippen molar-refractivity contribution in [3.63, 3.8) is 0 Å². The third-order valence-electron chi connectivity index (χ3n) is 15.9. The molecule has 1 N–H and O–H groups in total. The number of ether oxygens (including phenoxy) is 1. The molecule has 0 radical (unpaired) electrons. The highest BCUT2D eigenvalue weighted by Crippen LogP contribution is 2.30. The quantitative estimate of drug-likeness (QED) is 0.142. The number of phenols is 1. The highest BCUT2D eigenvalue weighted by molar-refractivity contribution is 6.30. The number of hydrogen-bond donors (Lipinski definition) is 1. The van der Waals surface area contributed by atoms with Crippen molar-refractivity contribution in [2.45, 2.75) is 191 Å². The smallest absolute Gasteiger partial charge is 0.149 e. The lowest BCUT2D eigenvalue weighted by Gasteiger charge is -2.36. The minimum Gasteiger partial charge on any atom is -0.508 e. The van der Waals surface area contributed by atoms with Gasteiger partial charge in [-0.1, -0.05) is 29.8 Å². The van der Waals surface area contributed by atoms with E-state index in [1.807, 2.05) is 115 Å². The molecule has 0 unspecified atom stereocenters. The van der Waals surface area contributed by atoms with Gasteiger partial charge >= 0.3 is 0 Å². The molecule has 0 saturated carbocycles. The van der Waals surface area contributed by atoms with E-state index in [9.17, 15) is 27.1 Å². The van der Waals surface area contributed by atoms with Crippen LogP contribution in [0, 0.1) is 29.1 Å². The molecule has 0 aliphatic heterocycles. The zero-order valence-electron chi connectivity index (χ0n) is 62.5. The number of halogens is 6. The Balaban J connectivity index is 0.000000548. The number of anilines is 7. The van der Waals surface area contributed by atoms with E-state index >= 15 is 0 Å². The molecule has 0 aromatic heterocycles. The molecular formula is C79H117ClF5N7O2. The molecule has 94 heavy (non-hydrogen) atoms. The molecule has 0 bridgehead atoms. The van der Waals surface area contributed by atoms with Crippen molar-refractivity contribution in [3.05, 3.63) is 198 Å². The number of rotatable bonds is 9. The summed E-state index contributed by atoms with van der Waals surface area (Å²) in [7, 11) is 13.7. The van der Waals surface area contributed by atoms with Crippen molar-refractivity contribution in [1.29, 1.82) is 0 Å². The Morgan fingerprint density at radius 1 is 0.340 bits per heavy atom. The minimum absolute atomic E-state index is 0.0216. The van der Waals surface area contributed by atoms with E-state index in [0.717, 1.165) is 46.1 Å². The van der Waals surface area contributed by atoms with Gasteiger partial charge in [0.1, 0.15) is 40.6 Å². The van der Waals surface area contributed by atoms with E-state index in [1.54, 1.807) is 55.5 Å². The molecule has 15 heteroatoms. The number of benzene rings is 7. The molecule has 0 heterocycles. The van der Waals surface area contributed by atoms with Crippen molar-refractivity contribution >= 4 is 51.4 Å². The van der Waals surface area contributed by atoms with Crippen molar-refractivity contribution in [3.8, 4) is 11.5 Å². The first-order valence-corrected chi connectivity index (χ1v) is 32.4. The van der Waals surface area contributed by atoms with E-state index in [0.29, 0.717) is 11.4 Å². The summed E-state index contributed by atoms with van der Waals surface area (Å²) in [6.07, 6.45) is 0. The average Bonchev–Trinajstić information content (AvgIpc) is 0.890. The zero-order chi connectivity index (χ0) is 72.7. The first-order valence-electron chi connectivity index (χ1n) is 32.0. The van der Waals surface area contributed by atoms with Crippen LogP contribution in [0.2, 0.25) is 5.02 Å². The Hall–Kier alpha value is -7.32. The zero-order valence-corrected chi connectivity index (χ0v) is 63.3. The number of nitrogens with zero attached hydrogens (tertiary/aromatic N) is 7. The van der Waals surface area contributed by atoms with E-state index in [-0.39, 0.29) is 56.2 Å². The standard InChI is InChI=1S/C12H18FN.C12H19NO.C11H16ClN.C11H15F2N.2C11H16FN.C11H17NO/c1-5-14(12(2,3)4)11-8-6-10(13)7-9-11;1-12(2,3)13(4)10-7-6-8-11(9-10)14-5;1-11(2,3)13(4)10-7-5-9(12)6-8-10;1-11(2,3)14(4)10-6-5-8(12)7-9(10)13;1-11(2,3)13(4)10-7-5-9(12)6-8-10;1-11(2,3)13(4)10-7-5-6-9(12)8-10;1-11(2,3)12(4)9-6-5-7-10(13)8-9/h6-9H,5H2,1-4H3;6-9H,1-5H3;5-8H,1-4H3;5-7H,1-4H3;2*5-8H,1-4H3;5-8,13H,1-4H3. The molecule has 522 valence electrons. The minimum atomic E-state index is -0.548. The van der Waals surface area contributed by atoms with Gasteiger partial charge in [-0.3, -0.25) is 0 Å². The lowest BCUT2D eigenvalue weighted by atomic mass is 10.0. The second-order valence-electron chi connectivity index (χ2n) is 30.0. The first kappa shape index (κ1) is 84.7. The summed E-state index contributed by atoms with van der Waals surface area (Å²) in [4.78, 5) is 14.8. The summed E-state index contributed by atoms with van der Waals surface area (Å²) in [5.41, 5.74) is 7.17. The predicted molar refractivity (Wildman–Crippen MR) is 400 cm³/mol. The van der Waals surface area contributed by atoms with Gasteiger partial charge < -0.3 is 44.1 Å². The van der Waals surface area contributed by atoms with Crippen LogP contribution < -0.4 is 39.0 Å². The summed E-state index contributed by atoms with van der Waals surface area (Å²) in [5.74, 6) is -0.415. The largest absolute Gasteiger partial charge is 0.508 e. The fourth-order valence-electron chi connectivity index (χ4n) is 8.25. The fraction of sp³-hybridized carbons (Fsp3) is 0.468. The first-order chi connectivity index (χ1) is 42.9. The fourth-order valence-corrected chi connectivity index (χ4v) is 8.38.